The molecule has 0 bridgehead atoms. The molecule has 144 valence electrons. The SMILES string of the molecule is Cn1c(NCCCO)nc2c1c(=O)n(Cc1ccc(F)c(F)c1)c(=O)n2C. The number of aryl methyl sites for hydroxylation is 2. The number of aliphatic hydroxyl groups is 1. The van der Waals surface area contributed by atoms with E-state index in [2.05, 4.69) is 10.3 Å². The average Bonchev–Trinajstić information content (AvgIpc) is 2.97. The van der Waals surface area contributed by atoms with Crippen molar-refractivity contribution in [3.8, 4) is 0 Å². The lowest BCUT2D eigenvalue weighted by atomic mass is 10.2. The monoisotopic (exact) mass is 379 g/mol. The lowest BCUT2D eigenvalue weighted by Crippen LogP contribution is -2.39. The van der Waals surface area contributed by atoms with Crippen LogP contribution in [-0.2, 0) is 20.6 Å². The van der Waals surface area contributed by atoms with Crippen LogP contribution in [0.25, 0.3) is 11.2 Å². The molecule has 0 spiro atoms. The van der Waals surface area contributed by atoms with Crippen LogP contribution in [0.15, 0.2) is 27.8 Å². The number of nitrogens with one attached hydrogen (secondary N) is 1. The Balaban J connectivity index is 2.11. The topological polar surface area (TPSA) is 94.1 Å². The van der Waals surface area contributed by atoms with Crippen molar-refractivity contribution in [2.75, 3.05) is 18.5 Å². The van der Waals surface area contributed by atoms with Gasteiger partial charge in [-0.15, -0.1) is 0 Å². The molecule has 0 saturated heterocycles. The number of anilines is 1. The van der Waals surface area contributed by atoms with Crippen molar-refractivity contribution < 1.29 is 13.9 Å². The Morgan fingerprint density at radius 3 is 2.56 bits per heavy atom. The van der Waals surface area contributed by atoms with Gasteiger partial charge in [0.15, 0.2) is 22.8 Å². The normalized spacial score (nSPS) is 11.3. The molecule has 0 aliphatic heterocycles. The zero-order valence-electron chi connectivity index (χ0n) is 14.9. The maximum Gasteiger partial charge on any atom is 0.332 e. The van der Waals surface area contributed by atoms with E-state index >= 15 is 0 Å². The minimum atomic E-state index is -1.05. The van der Waals surface area contributed by atoms with Gasteiger partial charge in [-0.25, -0.2) is 13.6 Å². The molecule has 0 unspecified atom stereocenters. The van der Waals surface area contributed by atoms with E-state index < -0.39 is 22.9 Å². The summed E-state index contributed by atoms with van der Waals surface area (Å²) in [6, 6.07) is 3.22. The summed E-state index contributed by atoms with van der Waals surface area (Å²) in [5.41, 5.74) is -0.497. The molecular weight excluding hydrogens is 360 g/mol. The maximum atomic E-state index is 13.4. The molecule has 0 aliphatic rings. The van der Waals surface area contributed by atoms with Crippen LogP contribution in [0.1, 0.15) is 12.0 Å². The van der Waals surface area contributed by atoms with Crippen LogP contribution in [0.4, 0.5) is 14.7 Å². The molecule has 0 radical (unpaired) electrons. The van der Waals surface area contributed by atoms with Gasteiger partial charge in [0.2, 0.25) is 5.95 Å². The third-order valence-electron chi connectivity index (χ3n) is 4.30. The van der Waals surface area contributed by atoms with E-state index in [9.17, 15) is 18.4 Å². The lowest BCUT2D eigenvalue weighted by Gasteiger charge is -2.09. The molecule has 0 amide bonds. The zero-order valence-corrected chi connectivity index (χ0v) is 14.9. The largest absolute Gasteiger partial charge is 0.396 e. The highest BCUT2D eigenvalue weighted by Gasteiger charge is 2.18. The number of aliphatic hydroxyl groups excluding tert-OH is 1. The number of nitrogens with zero attached hydrogens (tertiary/aromatic N) is 4. The molecule has 3 aromatic rings. The smallest absolute Gasteiger partial charge is 0.332 e. The first kappa shape index (κ1) is 18.8. The Bertz CT molecular complexity index is 1120. The van der Waals surface area contributed by atoms with Crippen molar-refractivity contribution >= 4 is 17.1 Å². The first-order chi connectivity index (χ1) is 12.8. The van der Waals surface area contributed by atoms with Gasteiger partial charge in [0.05, 0.1) is 6.54 Å². The van der Waals surface area contributed by atoms with Gasteiger partial charge in [0.25, 0.3) is 5.56 Å². The van der Waals surface area contributed by atoms with Crippen molar-refractivity contribution in [1.82, 2.24) is 18.7 Å². The molecule has 0 atom stereocenters. The summed E-state index contributed by atoms with van der Waals surface area (Å²) in [5, 5.41) is 11.9. The van der Waals surface area contributed by atoms with Crippen molar-refractivity contribution in [2.24, 2.45) is 14.1 Å². The molecule has 2 aromatic heterocycles. The highest BCUT2D eigenvalue weighted by molar-refractivity contribution is 5.74. The first-order valence-corrected chi connectivity index (χ1v) is 8.30. The van der Waals surface area contributed by atoms with Crippen LogP contribution in [0.2, 0.25) is 0 Å². The number of hydrogen-bond acceptors (Lipinski definition) is 5. The number of fused-ring (bicyclic) bond motifs is 1. The van der Waals surface area contributed by atoms with Crippen LogP contribution in [0.3, 0.4) is 0 Å². The Morgan fingerprint density at radius 1 is 1.15 bits per heavy atom. The van der Waals surface area contributed by atoms with Gasteiger partial charge in [0.1, 0.15) is 0 Å². The number of imidazole rings is 1. The van der Waals surface area contributed by atoms with E-state index in [0.29, 0.717) is 18.9 Å². The second-order valence-corrected chi connectivity index (χ2v) is 6.15. The zero-order chi connectivity index (χ0) is 19.7. The van der Waals surface area contributed by atoms with Gasteiger partial charge in [-0.1, -0.05) is 6.07 Å². The molecule has 10 heteroatoms. The molecule has 1 aromatic carbocycles. The minimum Gasteiger partial charge on any atom is -0.396 e. The lowest BCUT2D eigenvalue weighted by molar-refractivity contribution is 0.292. The number of hydrogen-bond donors (Lipinski definition) is 2. The minimum absolute atomic E-state index is 0.0104. The van der Waals surface area contributed by atoms with Crippen molar-refractivity contribution in [3.05, 3.63) is 56.2 Å². The number of benzene rings is 1. The van der Waals surface area contributed by atoms with Crippen LogP contribution in [0, 0.1) is 11.6 Å². The van der Waals surface area contributed by atoms with Crippen LogP contribution in [0.5, 0.6) is 0 Å². The molecule has 8 nitrogen and oxygen atoms in total. The quantitative estimate of drug-likeness (QED) is 0.610. The third-order valence-corrected chi connectivity index (χ3v) is 4.30. The van der Waals surface area contributed by atoms with E-state index in [1.807, 2.05) is 0 Å². The number of halogens is 2. The highest BCUT2D eigenvalue weighted by Crippen LogP contribution is 2.14. The Labute approximate surface area is 152 Å². The van der Waals surface area contributed by atoms with Crippen molar-refractivity contribution in [2.45, 2.75) is 13.0 Å². The molecule has 2 heterocycles. The summed E-state index contributed by atoms with van der Waals surface area (Å²) in [4.78, 5) is 29.8. The second-order valence-electron chi connectivity index (χ2n) is 6.15. The summed E-state index contributed by atoms with van der Waals surface area (Å²) in [5.74, 6) is -1.66. The van der Waals surface area contributed by atoms with E-state index in [1.54, 1.807) is 7.05 Å². The van der Waals surface area contributed by atoms with E-state index in [0.717, 1.165) is 16.7 Å². The number of aromatic nitrogens is 4. The van der Waals surface area contributed by atoms with Gasteiger partial charge < -0.3 is 15.0 Å². The van der Waals surface area contributed by atoms with Crippen LogP contribution >= 0.6 is 0 Å². The van der Waals surface area contributed by atoms with Crippen molar-refractivity contribution in [1.29, 1.82) is 0 Å². The van der Waals surface area contributed by atoms with E-state index in [-0.39, 0.29) is 29.9 Å². The average molecular weight is 379 g/mol. The molecule has 2 N–H and O–H groups in total. The second kappa shape index (κ2) is 7.31. The fourth-order valence-corrected chi connectivity index (χ4v) is 2.84. The molecule has 0 aliphatic carbocycles. The van der Waals surface area contributed by atoms with E-state index in [1.165, 1.54) is 22.2 Å². The molecule has 0 saturated carbocycles. The molecule has 3 rings (SSSR count). The fraction of sp³-hybridized carbons (Fsp3) is 0.353. The summed E-state index contributed by atoms with van der Waals surface area (Å²) in [7, 11) is 3.11. The van der Waals surface area contributed by atoms with Gasteiger partial charge in [-0.2, -0.15) is 4.98 Å². The van der Waals surface area contributed by atoms with E-state index in [4.69, 9.17) is 5.11 Å². The standard InChI is InChI=1S/C17H19F2N5O3/c1-22-13-14(21-16(22)20-6-3-7-25)23(2)17(27)24(15(13)26)9-10-4-5-11(18)12(19)8-10/h4-5,8,25H,3,6-7,9H2,1-2H3,(H,20,21). The van der Waals surface area contributed by atoms with Gasteiger partial charge in [0, 0.05) is 27.2 Å². The van der Waals surface area contributed by atoms with Gasteiger partial charge in [-0.05, 0) is 24.1 Å². The van der Waals surface area contributed by atoms with Crippen molar-refractivity contribution in [3.63, 3.8) is 0 Å². The van der Waals surface area contributed by atoms with Crippen LogP contribution in [-0.4, -0.2) is 36.9 Å². The maximum absolute atomic E-state index is 13.4. The fourth-order valence-electron chi connectivity index (χ4n) is 2.84. The third kappa shape index (κ3) is 3.35. The first-order valence-electron chi connectivity index (χ1n) is 8.30. The summed E-state index contributed by atoms with van der Waals surface area (Å²) < 4.78 is 30.3. The predicted octanol–water partition coefficient (Wildman–Crippen LogP) is 0.554. The Hall–Kier alpha value is -3.01. The molecule has 0 fully saturated rings. The predicted molar refractivity (Wildman–Crippen MR) is 95.9 cm³/mol. The Kier molecular flexibility index (Phi) is 5.08. The summed E-state index contributed by atoms with van der Waals surface area (Å²) in [6.07, 6.45) is 0.502. The summed E-state index contributed by atoms with van der Waals surface area (Å²) in [6.45, 7) is 0.262. The van der Waals surface area contributed by atoms with Gasteiger partial charge >= 0.3 is 5.69 Å². The Morgan fingerprint density at radius 2 is 1.89 bits per heavy atom. The van der Waals surface area contributed by atoms with Crippen LogP contribution < -0.4 is 16.6 Å². The molecule has 27 heavy (non-hydrogen) atoms. The summed E-state index contributed by atoms with van der Waals surface area (Å²) >= 11 is 0. The molecular formula is C17H19F2N5O3. The van der Waals surface area contributed by atoms with Gasteiger partial charge in [-0.3, -0.25) is 13.9 Å². The highest BCUT2D eigenvalue weighted by atomic mass is 19.2. The number of rotatable bonds is 6.